The van der Waals surface area contributed by atoms with E-state index in [2.05, 4.69) is 12.2 Å². The fraction of sp³-hybridized carbons (Fsp3) is 0.786. The van der Waals surface area contributed by atoms with Crippen LogP contribution >= 0.6 is 0 Å². The van der Waals surface area contributed by atoms with Crippen LogP contribution in [0.25, 0.3) is 0 Å². The molecule has 0 heterocycles. The van der Waals surface area contributed by atoms with E-state index in [0.717, 1.165) is 24.7 Å². The van der Waals surface area contributed by atoms with Crippen molar-refractivity contribution >= 4 is 5.97 Å². The lowest BCUT2D eigenvalue weighted by Gasteiger charge is -2.27. The minimum Gasteiger partial charge on any atom is -0.481 e. The summed E-state index contributed by atoms with van der Waals surface area (Å²) in [5.41, 5.74) is 0. The third-order valence-corrected chi connectivity index (χ3v) is 4.49. The Bertz CT molecular complexity index is 298. The molecule has 2 aliphatic carbocycles. The zero-order chi connectivity index (χ0) is 12.3. The van der Waals surface area contributed by atoms with Gasteiger partial charge in [0.15, 0.2) is 0 Å². The van der Waals surface area contributed by atoms with E-state index >= 15 is 0 Å². The van der Waals surface area contributed by atoms with Crippen molar-refractivity contribution in [2.24, 2.45) is 23.7 Å². The van der Waals surface area contributed by atoms with Gasteiger partial charge >= 0.3 is 5.97 Å². The number of hydrogen-bond donors (Lipinski definition) is 2. The molecule has 0 saturated heterocycles. The molecule has 4 atom stereocenters. The van der Waals surface area contributed by atoms with E-state index in [4.69, 9.17) is 5.11 Å². The molecule has 4 unspecified atom stereocenters. The number of carboxylic acid groups (broad SMARTS) is 1. The quantitative estimate of drug-likeness (QED) is 0.552. The molecule has 0 aromatic carbocycles. The molecule has 96 valence electrons. The molecule has 0 spiro atoms. The number of aliphatic hydroxyl groups excluding tert-OH is 1. The Balaban J connectivity index is 1.78. The van der Waals surface area contributed by atoms with Crippen LogP contribution in [-0.4, -0.2) is 22.8 Å². The van der Waals surface area contributed by atoms with E-state index in [1.165, 1.54) is 19.3 Å². The molecule has 0 aliphatic heterocycles. The van der Waals surface area contributed by atoms with E-state index in [9.17, 15) is 9.90 Å². The molecule has 0 amide bonds. The van der Waals surface area contributed by atoms with E-state index in [0.29, 0.717) is 18.4 Å². The Morgan fingerprint density at radius 1 is 1.29 bits per heavy atom. The molecule has 3 heteroatoms. The number of fused-ring (bicyclic) bond motifs is 2. The third kappa shape index (κ3) is 2.89. The Morgan fingerprint density at radius 3 is 2.76 bits per heavy atom. The summed E-state index contributed by atoms with van der Waals surface area (Å²) in [5.74, 6) is 1.80. The molecule has 17 heavy (non-hydrogen) atoms. The van der Waals surface area contributed by atoms with Gasteiger partial charge in [0.25, 0.3) is 0 Å². The number of carbonyl (C=O) groups is 1. The number of allylic oxidation sites excluding steroid dienone is 2. The molecule has 0 radical (unpaired) electrons. The normalized spacial score (nSPS) is 35.8. The van der Waals surface area contributed by atoms with Gasteiger partial charge in [-0.3, -0.25) is 4.79 Å². The van der Waals surface area contributed by atoms with Gasteiger partial charge in [-0.15, -0.1) is 0 Å². The summed E-state index contributed by atoms with van der Waals surface area (Å²) >= 11 is 0. The Morgan fingerprint density at radius 2 is 2.06 bits per heavy atom. The lowest BCUT2D eigenvalue weighted by molar-refractivity contribution is -0.137. The number of unbranched alkanes of at least 4 members (excludes halogenated alkanes) is 1. The van der Waals surface area contributed by atoms with Crippen LogP contribution < -0.4 is 0 Å². The van der Waals surface area contributed by atoms with Gasteiger partial charge in [0.1, 0.15) is 0 Å². The molecular weight excluding hydrogens is 216 g/mol. The van der Waals surface area contributed by atoms with E-state index in [1.54, 1.807) is 0 Å². The second-order valence-corrected chi connectivity index (χ2v) is 5.47. The van der Waals surface area contributed by atoms with Crippen LogP contribution in [-0.2, 0) is 4.79 Å². The first-order valence-corrected chi connectivity index (χ1v) is 6.71. The van der Waals surface area contributed by atoms with E-state index in [1.807, 2.05) is 0 Å². The molecule has 0 aromatic heterocycles. The number of rotatable bonds is 6. The Kier molecular flexibility index (Phi) is 4.21. The summed E-state index contributed by atoms with van der Waals surface area (Å²) < 4.78 is 0. The van der Waals surface area contributed by atoms with E-state index in [-0.39, 0.29) is 6.42 Å². The van der Waals surface area contributed by atoms with Crippen LogP contribution in [0.4, 0.5) is 0 Å². The zero-order valence-electron chi connectivity index (χ0n) is 10.2. The lowest BCUT2D eigenvalue weighted by Crippen LogP contribution is -2.23. The summed E-state index contributed by atoms with van der Waals surface area (Å²) in [7, 11) is 0. The molecule has 2 saturated carbocycles. The topological polar surface area (TPSA) is 57.5 Å². The first-order valence-electron chi connectivity index (χ1n) is 6.71. The zero-order valence-corrected chi connectivity index (χ0v) is 10.2. The highest BCUT2D eigenvalue weighted by Gasteiger charge is 2.45. The molecular formula is C14H22O3. The molecule has 0 aromatic rings. The van der Waals surface area contributed by atoms with Crippen molar-refractivity contribution in [2.45, 2.75) is 38.5 Å². The summed E-state index contributed by atoms with van der Waals surface area (Å²) in [6, 6.07) is 0. The number of hydrogen-bond acceptors (Lipinski definition) is 2. The smallest absolute Gasteiger partial charge is 0.303 e. The highest BCUT2D eigenvalue weighted by atomic mass is 16.4. The summed E-state index contributed by atoms with van der Waals surface area (Å²) in [5, 5.41) is 18.0. The predicted molar refractivity (Wildman–Crippen MR) is 65.5 cm³/mol. The van der Waals surface area contributed by atoms with Gasteiger partial charge in [-0.05, 0) is 55.8 Å². The number of aliphatic hydroxyl groups is 1. The van der Waals surface area contributed by atoms with Crippen molar-refractivity contribution in [3.05, 3.63) is 12.2 Å². The average Bonchev–Trinajstić information content (AvgIpc) is 2.88. The third-order valence-electron chi connectivity index (χ3n) is 4.49. The Hall–Kier alpha value is -0.830. The van der Waals surface area contributed by atoms with Gasteiger partial charge in [-0.1, -0.05) is 12.2 Å². The minimum absolute atomic E-state index is 0.254. The summed E-state index contributed by atoms with van der Waals surface area (Å²) in [4.78, 5) is 10.4. The van der Waals surface area contributed by atoms with Crippen LogP contribution in [0.3, 0.4) is 0 Å². The maximum Gasteiger partial charge on any atom is 0.303 e. The molecule has 2 rings (SSSR count). The largest absolute Gasteiger partial charge is 0.481 e. The second kappa shape index (κ2) is 5.67. The van der Waals surface area contributed by atoms with Crippen molar-refractivity contribution in [3.8, 4) is 0 Å². The fourth-order valence-electron chi connectivity index (χ4n) is 3.65. The highest BCUT2D eigenvalue weighted by Crippen LogP contribution is 2.52. The monoisotopic (exact) mass is 238 g/mol. The second-order valence-electron chi connectivity index (χ2n) is 5.47. The van der Waals surface area contributed by atoms with Gasteiger partial charge in [0, 0.05) is 13.0 Å². The Labute approximate surface area is 103 Å². The first kappa shape index (κ1) is 12.6. The fourth-order valence-corrected chi connectivity index (χ4v) is 3.65. The molecule has 2 aliphatic rings. The van der Waals surface area contributed by atoms with Crippen LogP contribution in [0.5, 0.6) is 0 Å². The maximum absolute atomic E-state index is 10.4. The molecule has 2 fully saturated rings. The van der Waals surface area contributed by atoms with Gasteiger partial charge < -0.3 is 10.2 Å². The maximum atomic E-state index is 10.4. The van der Waals surface area contributed by atoms with Gasteiger partial charge in [-0.25, -0.2) is 0 Å². The van der Waals surface area contributed by atoms with Crippen molar-refractivity contribution in [2.75, 3.05) is 6.61 Å². The van der Waals surface area contributed by atoms with Crippen LogP contribution in [0.1, 0.15) is 38.5 Å². The molecule has 2 bridgehead atoms. The molecule has 3 nitrogen and oxygen atoms in total. The van der Waals surface area contributed by atoms with Crippen molar-refractivity contribution in [1.29, 1.82) is 0 Å². The van der Waals surface area contributed by atoms with Crippen molar-refractivity contribution < 1.29 is 15.0 Å². The average molecular weight is 238 g/mol. The first-order chi connectivity index (χ1) is 8.22. The standard InChI is InChI=1S/C14H22O3/c15-9-13-11-7-6-10(8-11)12(13)4-2-1-3-5-14(16)17/h2,4,10-13,15H,1,3,5-9H2,(H,16,17)/b4-2+. The lowest BCUT2D eigenvalue weighted by atomic mass is 9.79. The van der Waals surface area contributed by atoms with Gasteiger partial charge in [-0.2, -0.15) is 0 Å². The molecule has 2 N–H and O–H groups in total. The van der Waals surface area contributed by atoms with Crippen molar-refractivity contribution in [1.82, 2.24) is 0 Å². The summed E-state index contributed by atoms with van der Waals surface area (Å²) in [6.07, 6.45) is 10.1. The van der Waals surface area contributed by atoms with Crippen LogP contribution in [0.2, 0.25) is 0 Å². The highest BCUT2D eigenvalue weighted by molar-refractivity contribution is 5.66. The predicted octanol–water partition coefficient (Wildman–Crippen LogP) is 2.45. The number of carboxylic acids is 1. The SMILES string of the molecule is O=C(O)CCC/C=C/C1C2CCC(C2)C1CO. The van der Waals surface area contributed by atoms with Crippen LogP contribution in [0.15, 0.2) is 12.2 Å². The van der Waals surface area contributed by atoms with Gasteiger partial charge in [0.2, 0.25) is 0 Å². The summed E-state index contributed by atoms with van der Waals surface area (Å²) in [6.45, 7) is 0.311. The van der Waals surface area contributed by atoms with Crippen molar-refractivity contribution in [3.63, 3.8) is 0 Å². The number of aliphatic carboxylic acids is 1. The van der Waals surface area contributed by atoms with Gasteiger partial charge in [0.05, 0.1) is 0 Å². The van der Waals surface area contributed by atoms with E-state index < -0.39 is 5.97 Å². The van der Waals surface area contributed by atoms with Crippen LogP contribution in [0, 0.1) is 23.7 Å². The minimum atomic E-state index is -0.716.